The maximum atomic E-state index is 12.6. The molecule has 0 saturated carbocycles. The first kappa shape index (κ1) is 21.4. The van der Waals surface area contributed by atoms with Crippen molar-refractivity contribution < 1.29 is 4.79 Å². The summed E-state index contributed by atoms with van der Waals surface area (Å²) in [5.41, 5.74) is 4.56. The minimum atomic E-state index is -0.0870. The highest BCUT2D eigenvalue weighted by molar-refractivity contribution is 5.96. The Morgan fingerprint density at radius 2 is 2.04 bits per heavy atom. The van der Waals surface area contributed by atoms with Crippen LogP contribution in [0, 0.1) is 5.41 Å². The lowest BCUT2D eigenvalue weighted by atomic mass is 10.1. The Bertz CT molecular complexity index is 838. The second-order valence-corrected chi connectivity index (χ2v) is 6.92. The molecular weight excluding hydrogens is 344 g/mol. The molecule has 0 unspecified atom stereocenters. The standard InChI is InChI=1S/C25H30N2O/c1-3-21-13-10-16-24(18-17-21)27-25(28)23-15-9-14-22(19-23)12-8-6-4-5-7-11-20(2)26/h5,7-10,12-16,18-19,26H,3-4,6,11,17H2,1-2H3,(H,27,28)/b7-5-,12-8?,26-20?. The van der Waals surface area contributed by atoms with Crippen LogP contribution in [0.25, 0.3) is 6.08 Å². The predicted octanol–water partition coefficient (Wildman–Crippen LogP) is 6.38. The van der Waals surface area contributed by atoms with E-state index >= 15 is 0 Å². The second kappa shape index (κ2) is 11.7. The highest BCUT2D eigenvalue weighted by atomic mass is 16.1. The Kier molecular flexibility index (Phi) is 8.93. The summed E-state index contributed by atoms with van der Waals surface area (Å²) in [5, 5.41) is 10.4. The molecular formula is C25H30N2O. The normalized spacial score (nSPS) is 14.1. The summed E-state index contributed by atoms with van der Waals surface area (Å²) in [7, 11) is 0. The van der Waals surface area contributed by atoms with Crippen molar-refractivity contribution in [1.29, 1.82) is 5.41 Å². The average Bonchev–Trinajstić information content (AvgIpc) is 2.92. The number of hydrogen-bond donors (Lipinski definition) is 2. The van der Waals surface area contributed by atoms with Crippen LogP contribution in [0.15, 0.2) is 78.1 Å². The van der Waals surface area contributed by atoms with Crippen molar-refractivity contribution in [2.24, 2.45) is 0 Å². The zero-order valence-electron chi connectivity index (χ0n) is 16.9. The van der Waals surface area contributed by atoms with Crippen molar-refractivity contribution in [3.8, 4) is 0 Å². The summed E-state index contributed by atoms with van der Waals surface area (Å²) < 4.78 is 0. The van der Waals surface area contributed by atoms with Gasteiger partial charge >= 0.3 is 0 Å². The first-order valence-electron chi connectivity index (χ1n) is 9.91. The molecule has 0 atom stereocenters. The van der Waals surface area contributed by atoms with Gasteiger partial charge in [0, 0.05) is 23.4 Å². The third-order valence-corrected chi connectivity index (χ3v) is 4.45. The van der Waals surface area contributed by atoms with Gasteiger partial charge in [-0.05, 0) is 56.4 Å². The van der Waals surface area contributed by atoms with Gasteiger partial charge in [-0.25, -0.2) is 0 Å². The van der Waals surface area contributed by atoms with Gasteiger partial charge in [-0.2, -0.15) is 0 Å². The maximum Gasteiger partial charge on any atom is 0.255 e. The summed E-state index contributed by atoms with van der Waals surface area (Å²) in [6, 6.07) is 7.67. The highest BCUT2D eigenvalue weighted by Gasteiger charge is 2.07. The van der Waals surface area contributed by atoms with Crippen LogP contribution < -0.4 is 5.32 Å². The number of carbonyl (C=O) groups excluding carboxylic acids is 1. The molecule has 3 nitrogen and oxygen atoms in total. The van der Waals surface area contributed by atoms with E-state index in [1.165, 1.54) is 5.57 Å². The lowest BCUT2D eigenvalue weighted by Gasteiger charge is -2.07. The molecule has 28 heavy (non-hydrogen) atoms. The minimum Gasteiger partial charge on any atom is -0.322 e. The van der Waals surface area contributed by atoms with Gasteiger partial charge in [0.15, 0.2) is 0 Å². The molecule has 0 bridgehead atoms. The van der Waals surface area contributed by atoms with E-state index in [-0.39, 0.29) is 5.91 Å². The van der Waals surface area contributed by atoms with Crippen LogP contribution in [-0.4, -0.2) is 11.6 Å². The fourth-order valence-electron chi connectivity index (χ4n) is 2.80. The zero-order valence-corrected chi connectivity index (χ0v) is 16.9. The van der Waals surface area contributed by atoms with E-state index in [4.69, 9.17) is 5.41 Å². The molecule has 1 aromatic rings. The Hall–Kier alpha value is -2.94. The number of carbonyl (C=O) groups is 1. The largest absolute Gasteiger partial charge is 0.322 e. The van der Waals surface area contributed by atoms with Crippen LogP contribution in [0.3, 0.4) is 0 Å². The van der Waals surface area contributed by atoms with E-state index in [0.29, 0.717) is 11.3 Å². The van der Waals surface area contributed by atoms with Crippen LogP contribution in [0.2, 0.25) is 0 Å². The van der Waals surface area contributed by atoms with E-state index < -0.39 is 0 Å². The fraction of sp³-hybridized carbons (Fsp3) is 0.280. The smallest absolute Gasteiger partial charge is 0.255 e. The van der Waals surface area contributed by atoms with Crippen LogP contribution in [0.5, 0.6) is 0 Å². The lowest BCUT2D eigenvalue weighted by Crippen LogP contribution is -2.21. The zero-order chi connectivity index (χ0) is 20.2. The number of benzene rings is 1. The number of rotatable bonds is 9. The molecule has 1 amide bonds. The molecule has 0 aromatic heterocycles. The fourth-order valence-corrected chi connectivity index (χ4v) is 2.80. The lowest BCUT2D eigenvalue weighted by molar-refractivity contribution is 0.0967. The molecule has 1 aromatic carbocycles. The molecule has 2 N–H and O–H groups in total. The average molecular weight is 375 g/mol. The van der Waals surface area contributed by atoms with Crippen molar-refractivity contribution in [3.05, 3.63) is 89.2 Å². The summed E-state index contributed by atoms with van der Waals surface area (Å²) in [6.45, 7) is 3.96. The van der Waals surface area contributed by atoms with E-state index in [1.54, 1.807) is 0 Å². The van der Waals surface area contributed by atoms with Gasteiger partial charge < -0.3 is 10.7 Å². The summed E-state index contributed by atoms with van der Waals surface area (Å²) >= 11 is 0. The summed E-state index contributed by atoms with van der Waals surface area (Å²) in [4.78, 5) is 12.6. The first-order valence-corrected chi connectivity index (χ1v) is 9.91. The van der Waals surface area contributed by atoms with Gasteiger partial charge in [0.05, 0.1) is 0 Å². The monoisotopic (exact) mass is 374 g/mol. The molecule has 2 rings (SSSR count). The van der Waals surface area contributed by atoms with Gasteiger partial charge in [-0.15, -0.1) is 0 Å². The molecule has 3 heteroatoms. The van der Waals surface area contributed by atoms with Gasteiger partial charge in [0.2, 0.25) is 0 Å². The molecule has 0 heterocycles. The van der Waals surface area contributed by atoms with Gasteiger partial charge in [0.25, 0.3) is 5.91 Å². The molecule has 0 radical (unpaired) electrons. The van der Waals surface area contributed by atoms with Crippen molar-refractivity contribution >= 4 is 17.7 Å². The molecule has 0 saturated heterocycles. The Labute approximate surface area is 168 Å². The topological polar surface area (TPSA) is 53.0 Å². The number of allylic oxidation sites excluding steroid dienone is 8. The summed E-state index contributed by atoms with van der Waals surface area (Å²) in [5.74, 6) is -0.0870. The molecule has 1 aliphatic carbocycles. The van der Waals surface area contributed by atoms with Crippen molar-refractivity contribution in [2.45, 2.75) is 46.0 Å². The number of unbranched alkanes of at least 4 members (excludes halogenated alkanes) is 1. The molecule has 0 spiro atoms. The van der Waals surface area contributed by atoms with Gasteiger partial charge in [0.1, 0.15) is 0 Å². The van der Waals surface area contributed by atoms with Gasteiger partial charge in [-0.3, -0.25) is 4.79 Å². The Balaban J connectivity index is 1.89. The van der Waals surface area contributed by atoms with Crippen molar-refractivity contribution in [3.63, 3.8) is 0 Å². The number of amides is 1. The second-order valence-electron chi connectivity index (χ2n) is 6.92. The SMILES string of the molecule is CCC1=CC=CC(NC(=O)c2cccc(C=CCC/C=C\CC(C)=N)c2)=CC1. The summed E-state index contributed by atoms with van der Waals surface area (Å²) in [6.07, 6.45) is 20.9. The van der Waals surface area contributed by atoms with E-state index in [0.717, 1.165) is 43.4 Å². The van der Waals surface area contributed by atoms with Crippen LogP contribution in [0.4, 0.5) is 0 Å². The third kappa shape index (κ3) is 7.75. The number of nitrogens with one attached hydrogen (secondary N) is 2. The molecule has 1 aliphatic rings. The molecule has 0 aliphatic heterocycles. The minimum absolute atomic E-state index is 0.0870. The quantitative estimate of drug-likeness (QED) is 0.294. The predicted molar refractivity (Wildman–Crippen MR) is 120 cm³/mol. The van der Waals surface area contributed by atoms with Crippen LogP contribution in [0.1, 0.15) is 61.9 Å². The molecule has 0 fully saturated rings. The van der Waals surface area contributed by atoms with E-state index in [2.05, 4.69) is 42.6 Å². The third-order valence-electron chi connectivity index (χ3n) is 4.45. The Morgan fingerprint density at radius 3 is 2.82 bits per heavy atom. The first-order chi connectivity index (χ1) is 13.6. The van der Waals surface area contributed by atoms with E-state index in [1.807, 2.05) is 49.4 Å². The van der Waals surface area contributed by atoms with Crippen LogP contribution >= 0.6 is 0 Å². The van der Waals surface area contributed by atoms with Crippen molar-refractivity contribution in [1.82, 2.24) is 5.32 Å². The van der Waals surface area contributed by atoms with E-state index in [9.17, 15) is 4.79 Å². The molecule has 146 valence electrons. The van der Waals surface area contributed by atoms with Crippen LogP contribution in [-0.2, 0) is 0 Å². The highest BCUT2D eigenvalue weighted by Crippen LogP contribution is 2.14. The maximum absolute atomic E-state index is 12.6. The Morgan fingerprint density at radius 1 is 1.21 bits per heavy atom. The van der Waals surface area contributed by atoms with Gasteiger partial charge in [-0.1, -0.05) is 67.2 Å². The van der Waals surface area contributed by atoms with Crippen molar-refractivity contribution in [2.75, 3.05) is 0 Å². The number of hydrogen-bond acceptors (Lipinski definition) is 2.